The van der Waals surface area contributed by atoms with Gasteiger partial charge in [-0.3, -0.25) is 23.9 Å². The maximum Gasteiger partial charge on any atom is 0.258 e. The van der Waals surface area contributed by atoms with Crippen molar-refractivity contribution in [2.24, 2.45) is 47.3 Å². The number of anilines is 1. The Balaban J connectivity index is 1.08. The minimum absolute atomic E-state index is 0.00119. The molecule has 5 rings (SSSR count). The van der Waals surface area contributed by atoms with Gasteiger partial charge >= 0.3 is 0 Å². The molecule has 3 aliphatic rings. The van der Waals surface area contributed by atoms with E-state index in [-0.39, 0.29) is 29.5 Å². The molecule has 2 heterocycles. The van der Waals surface area contributed by atoms with Crippen LogP contribution in [-0.4, -0.2) is 50.5 Å². The number of nitrogens with zero attached hydrogens (tertiary/aromatic N) is 3. The fourth-order valence-corrected chi connectivity index (χ4v) is 16.9. The van der Waals surface area contributed by atoms with Gasteiger partial charge < -0.3 is 15.1 Å². The van der Waals surface area contributed by atoms with Crippen molar-refractivity contribution in [1.29, 1.82) is 0 Å². The predicted molar refractivity (Wildman–Crippen MR) is 374 cm³/mol. The predicted octanol–water partition coefficient (Wildman–Crippen LogP) is 23.6. The second kappa shape index (κ2) is 46.5. The number of hydrogen-bond acceptors (Lipinski definition) is 5. The van der Waals surface area contributed by atoms with E-state index < -0.39 is 0 Å². The topological polar surface area (TPSA) is 103 Å². The van der Waals surface area contributed by atoms with Crippen LogP contribution in [0.3, 0.4) is 0 Å². The lowest BCUT2D eigenvalue weighted by Gasteiger charge is -2.44. The van der Waals surface area contributed by atoms with Crippen LogP contribution in [0.15, 0.2) is 48.6 Å². The third-order valence-corrected chi connectivity index (χ3v) is 22.2. The summed E-state index contributed by atoms with van der Waals surface area (Å²) in [7, 11) is 0. The van der Waals surface area contributed by atoms with Gasteiger partial charge in [0, 0.05) is 43.4 Å². The van der Waals surface area contributed by atoms with Crippen LogP contribution in [0.5, 0.6) is 11.8 Å². The average molecular weight is 1220 g/mol. The molecule has 3 amide bonds. The highest BCUT2D eigenvalue weighted by molar-refractivity contribution is 6.12. The van der Waals surface area contributed by atoms with Crippen molar-refractivity contribution in [1.82, 2.24) is 9.47 Å². The van der Waals surface area contributed by atoms with Gasteiger partial charge in [-0.25, -0.2) is 0 Å². The van der Waals surface area contributed by atoms with E-state index in [0.29, 0.717) is 30.9 Å². The summed E-state index contributed by atoms with van der Waals surface area (Å²) in [5.74, 6) is 6.69. The highest BCUT2D eigenvalue weighted by atomic mass is 16.3. The molecule has 0 radical (unpaired) electrons. The van der Waals surface area contributed by atoms with Gasteiger partial charge in [0.2, 0.25) is 5.88 Å². The van der Waals surface area contributed by atoms with Gasteiger partial charge in [0.25, 0.3) is 17.7 Å². The molecule has 0 spiro atoms. The van der Waals surface area contributed by atoms with Gasteiger partial charge in [-0.05, 0) is 124 Å². The second-order valence-corrected chi connectivity index (χ2v) is 29.0. The molecule has 2 aromatic rings. The Bertz CT molecular complexity index is 2120. The van der Waals surface area contributed by atoms with Crippen LogP contribution in [-0.2, 0) is 16.1 Å². The van der Waals surface area contributed by atoms with Gasteiger partial charge in [0.15, 0.2) is 5.88 Å². The molecule has 2 aliphatic carbocycles. The maximum absolute atomic E-state index is 14.2. The molecule has 88 heavy (non-hydrogen) atoms. The third-order valence-electron chi connectivity index (χ3n) is 22.2. The van der Waals surface area contributed by atoms with Crippen molar-refractivity contribution in [3.05, 3.63) is 54.1 Å². The smallest absolute Gasteiger partial charge is 0.258 e. The molecule has 8 heteroatoms. The Morgan fingerprint density at radius 1 is 0.432 bits per heavy atom. The van der Waals surface area contributed by atoms with Gasteiger partial charge in [-0.1, -0.05) is 303 Å². The number of rotatable bonds is 53. The first-order valence-corrected chi connectivity index (χ1v) is 38.6. The fourth-order valence-electron chi connectivity index (χ4n) is 16.9. The molecule has 1 aromatic heterocycles. The van der Waals surface area contributed by atoms with Gasteiger partial charge in [-0.2, -0.15) is 0 Å². The molecule has 2 N–H and O–H groups in total. The summed E-state index contributed by atoms with van der Waals surface area (Å²) in [6, 6.07) is 11.1. The summed E-state index contributed by atoms with van der Waals surface area (Å²) in [6.07, 6.45) is 67.0. The number of benzene rings is 1. The number of aromatic nitrogens is 1. The van der Waals surface area contributed by atoms with Gasteiger partial charge in [0.05, 0.1) is 0 Å². The SMILES string of the molecule is CCCCCCCCC1C(CCCCCC)CCC(C)C1CCCCCCCCN(C(=O)c1ccccc1)c1cc(O)n(CCCCCCCCC2C(CCCCCCCCN3C(=O)C=CC3=O)CCC(CCCCCC)C2CCCCCCCC)c1O. The van der Waals surface area contributed by atoms with Crippen LogP contribution >= 0.6 is 0 Å². The lowest BCUT2D eigenvalue weighted by molar-refractivity contribution is -0.136. The quantitative estimate of drug-likeness (QED) is 0.0507. The lowest BCUT2D eigenvalue weighted by atomic mass is 9.61. The van der Waals surface area contributed by atoms with E-state index in [1.165, 1.54) is 280 Å². The minimum atomic E-state index is -0.157. The molecule has 8 atom stereocenters. The van der Waals surface area contributed by atoms with Crippen molar-refractivity contribution in [3.8, 4) is 11.8 Å². The van der Waals surface area contributed by atoms with Crippen molar-refractivity contribution in [3.63, 3.8) is 0 Å². The summed E-state index contributed by atoms with van der Waals surface area (Å²) < 4.78 is 1.63. The Morgan fingerprint density at radius 3 is 1.24 bits per heavy atom. The normalized spacial score (nSPS) is 21.3. The highest BCUT2D eigenvalue weighted by Crippen LogP contribution is 2.49. The standard InChI is InChI=1S/C80H137N3O5/c1-6-10-14-18-27-41-53-72-67(47-35-16-12-8-3)57-56-66(5)71(72)52-40-29-21-24-31-44-62-81(79(87)70-50-38-34-39-51-70)75-65-78(86)83(80(75)88)64-46-33-25-22-30-43-55-74-69(49-37-26-20-23-32-45-63-82-76(84)60-61-77(82)85)59-58-68(48-36-17-13-9-4)73(74)54-42-28-19-15-11-7-2/h34,38-39,50-51,60-61,65-69,71-74,86,88H,6-33,35-37,40-49,52-59,62-64H2,1-5H3. The van der Waals surface area contributed by atoms with Crippen LogP contribution < -0.4 is 4.90 Å². The zero-order chi connectivity index (χ0) is 62.8. The molecule has 2 fully saturated rings. The van der Waals surface area contributed by atoms with Crippen molar-refractivity contribution < 1.29 is 24.6 Å². The summed E-state index contributed by atoms with van der Waals surface area (Å²) >= 11 is 0. The molecule has 502 valence electrons. The number of carbonyl (C=O) groups excluding carboxylic acids is 3. The van der Waals surface area contributed by atoms with Crippen LogP contribution in [0.1, 0.15) is 360 Å². The van der Waals surface area contributed by atoms with E-state index in [1.54, 1.807) is 15.5 Å². The Kier molecular flexibility index (Phi) is 39.7. The minimum Gasteiger partial charge on any atom is -0.494 e. The summed E-state index contributed by atoms with van der Waals surface area (Å²) in [5, 5.41) is 23.1. The zero-order valence-electron chi connectivity index (χ0n) is 58.0. The van der Waals surface area contributed by atoms with Crippen molar-refractivity contribution >= 4 is 23.4 Å². The first kappa shape index (κ1) is 75.2. The molecular formula is C80H137N3O5. The summed E-state index contributed by atoms with van der Waals surface area (Å²) in [4.78, 5) is 41.3. The number of imide groups is 1. The van der Waals surface area contributed by atoms with Gasteiger partial charge in [0.1, 0.15) is 5.69 Å². The highest BCUT2D eigenvalue weighted by Gasteiger charge is 2.39. The number of aromatic hydroxyl groups is 2. The molecule has 8 unspecified atom stereocenters. The van der Waals surface area contributed by atoms with Crippen LogP contribution in [0.25, 0.3) is 0 Å². The van der Waals surface area contributed by atoms with Gasteiger partial charge in [-0.15, -0.1) is 0 Å². The third kappa shape index (κ3) is 27.7. The molecule has 1 aromatic carbocycles. The fraction of sp³-hybridized carbons (Fsp3) is 0.812. The number of carbonyl (C=O) groups is 3. The number of unbranched alkanes of at least 4 members (excludes halogenated alkanes) is 31. The molecule has 0 saturated heterocycles. The van der Waals surface area contributed by atoms with Crippen LogP contribution in [0, 0.1) is 47.3 Å². The lowest BCUT2D eigenvalue weighted by Crippen LogP contribution is -2.35. The Hall–Kier alpha value is -3.55. The molecule has 0 bridgehead atoms. The molecular weight excluding hydrogens is 1080 g/mol. The van der Waals surface area contributed by atoms with Crippen LogP contribution in [0.4, 0.5) is 5.69 Å². The van der Waals surface area contributed by atoms with Crippen LogP contribution in [0.2, 0.25) is 0 Å². The molecule has 2 saturated carbocycles. The van der Waals surface area contributed by atoms with E-state index in [0.717, 1.165) is 98.7 Å². The van der Waals surface area contributed by atoms with E-state index in [9.17, 15) is 24.6 Å². The zero-order valence-corrected chi connectivity index (χ0v) is 58.0. The Labute approximate surface area is 541 Å². The number of amides is 3. The first-order valence-electron chi connectivity index (χ1n) is 38.6. The van der Waals surface area contributed by atoms with E-state index in [4.69, 9.17) is 0 Å². The number of hydrogen-bond donors (Lipinski definition) is 2. The second-order valence-electron chi connectivity index (χ2n) is 29.0. The van der Waals surface area contributed by atoms with E-state index >= 15 is 0 Å². The van der Waals surface area contributed by atoms with E-state index in [1.807, 2.05) is 30.3 Å². The summed E-state index contributed by atoms with van der Waals surface area (Å²) in [5.41, 5.74) is 1.02. The Morgan fingerprint density at radius 2 is 0.784 bits per heavy atom. The monoisotopic (exact) mass is 1220 g/mol. The molecule has 1 aliphatic heterocycles. The van der Waals surface area contributed by atoms with Crippen molar-refractivity contribution in [2.45, 2.75) is 356 Å². The maximum atomic E-state index is 14.2. The van der Waals surface area contributed by atoms with Crippen molar-refractivity contribution in [2.75, 3.05) is 18.0 Å². The van der Waals surface area contributed by atoms with E-state index in [2.05, 4.69) is 34.6 Å². The average Bonchev–Trinajstić information content (AvgIpc) is 3.75. The largest absolute Gasteiger partial charge is 0.494 e. The molecule has 8 nitrogen and oxygen atoms in total. The first-order chi connectivity index (χ1) is 43.1. The summed E-state index contributed by atoms with van der Waals surface area (Å²) in [6.45, 7) is 13.5.